The topological polar surface area (TPSA) is 92.4 Å². The first-order valence-corrected chi connectivity index (χ1v) is 5.99. The lowest BCUT2D eigenvalue weighted by Gasteiger charge is -2.05. The van der Waals surface area contributed by atoms with E-state index in [9.17, 15) is 13.5 Å². The number of nitrogens with two attached hydrogens (primary N) is 1. The molecule has 0 unspecified atom stereocenters. The molecule has 1 aromatic carbocycles. The Morgan fingerprint density at radius 2 is 2.13 bits per heavy atom. The van der Waals surface area contributed by atoms with Gasteiger partial charge in [-0.05, 0) is 31.6 Å². The van der Waals surface area contributed by atoms with Crippen molar-refractivity contribution in [3.63, 3.8) is 0 Å². The summed E-state index contributed by atoms with van der Waals surface area (Å²) in [5, 5.41) is 17.4. The number of phenolic OH excluding ortho intramolecular Hbond substituents is 1. The molecule has 0 aliphatic rings. The first-order chi connectivity index (χ1) is 6.95. The van der Waals surface area contributed by atoms with Crippen molar-refractivity contribution in [2.75, 3.05) is 13.6 Å². The number of sulfonamides is 1. The first kappa shape index (κ1) is 12.0. The van der Waals surface area contributed by atoms with Crippen molar-refractivity contribution in [2.24, 2.45) is 5.14 Å². The van der Waals surface area contributed by atoms with Gasteiger partial charge in [-0.2, -0.15) is 0 Å². The molecule has 6 heteroatoms. The van der Waals surface area contributed by atoms with Gasteiger partial charge in [0.25, 0.3) is 0 Å². The highest BCUT2D eigenvalue weighted by Gasteiger charge is 2.10. The van der Waals surface area contributed by atoms with Gasteiger partial charge in [0.2, 0.25) is 10.0 Å². The molecule has 0 heterocycles. The molecule has 1 rings (SSSR count). The third-order valence-corrected chi connectivity index (χ3v) is 2.94. The second-order valence-corrected chi connectivity index (χ2v) is 4.75. The van der Waals surface area contributed by atoms with E-state index in [1.54, 1.807) is 13.1 Å². The van der Waals surface area contributed by atoms with Crippen molar-refractivity contribution in [3.05, 3.63) is 23.8 Å². The van der Waals surface area contributed by atoms with E-state index in [1.165, 1.54) is 12.1 Å². The standard InChI is InChI=1S/C9H14N2O3S/c1-11-5-4-7-2-3-8(6-9(7)12)15(10,13)14/h2-3,6,11-12H,4-5H2,1H3,(H2,10,13,14). The van der Waals surface area contributed by atoms with Gasteiger partial charge in [0.1, 0.15) is 5.75 Å². The molecule has 0 aromatic heterocycles. The second-order valence-electron chi connectivity index (χ2n) is 3.19. The molecule has 0 saturated carbocycles. The Hall–Kier alpha value is -1.11. The molecule has 0 amide bonds. The van der Waals surface area contributed by atoms with Crippen molar-refractivity contribution in [1.29, 1.82) is 0 Å². The number of benzene rings is 1. The lowest BCUT2D eigenvalue weighted by molar-refractivity contribution is 0.465. The molecule has 0 bridgehead atoms. The van der Waals surface area contributed by atoms with E-state index in [0.717, 1.165) is 0 Å². The predicted octanol–water partition coefficient (Wildman–Crippen LogP) is -0.198. The van der Waals surface area contributed by atoms with E-state index < -0.39 is 10.0 Å². The van der Waals surface area contributed by atoms with Gasteiger partial charge in [-0.3, -0.25) is 0 Å². The summed E-state index contributed by atoms with van der Waals surface area (Å²) in [6, 6.07) is 4.12. The summed E-state index contributed by atoms with van der Waals surface area (Å²) >= 11 is 0. The van der Waals surface area contributed by atoms with E-state index in [2.05, 4.69) is 5.32 Å². The zero-order chi connectivity index (χ0) is 11.5. The number of primary sulfonamides is 1. The molecule has 5 nitrogen and oxygen atoms in total. The van der Waals surface area contributed by atoms with Gasteiger partial charge in [0.05, 0.1) is 4.90 Å². The zero-order valence-corrected chi connectivity index (χ0v) is 9.21. The number of hydrogen-bond donors (Lipinski definition) is 3. The van der Waals surface area contributed by atoms with Gasteiger partial charge in [-0.25, -0.2) is 13.6 Å². The molecule has 15 heavy (non-hydrogen) atoms. The van der Waals surface area contributed by atoms with E-state index in [4.69, 9.17) is 5.14 Å². The van der Waals surface area contributed by atoms with Crippen LogP contribution < -0.4 is 10.5 Å². The average molecular weight is 230 g/mol. The van der Waals surface area contributed by atoms with Gasteiger partial charge >= 0.3 is 0 Å². The predicted molar refractivity (Wildman–Crippen MR) is 57.1 cm³/mol. The van der Waals surface area contributed by atoms with Crippen LogP contribution in [0.25, 0.3) is 0 Å². The highest BCUT2D eigenvalue weighted by Crippen LogP contribution is 2.21. The molecule has 0 aliphatic heterocycles. The summed E-state index contributed by atoms with van der Waals surface area (Å²) in [5.74, 6) is -0.0447. The number of rotatable bonds is 4. The van der Waals surface area contributed by atoms with Crippen LogP contribution in [0.1, 0.15) is 5.56 Å². The summed E-state index contributed by atoms with van der Waals surface area (Å²) in [6.45, 7) is 0.711. The monoisotopic (exact) mass is 230 g/mol. The van der Waals surface area contributed by atoms with Crippen LogP contribution in [-0.4, -0.2) is 27.1 Å². The van der Waals surface area contributed by atoms with E-state index >= 15 is 0 Å². The fourth-order valence-electron chi connectivity index (χ4n) is 1.19. The normalized spacial score (nSPS) is 11.6. The van der Waals surface area contributed by atoms with Crippen molar-refractivity contribution >= 4 is 10.0 Å². The molecule has 1 aromatic rings. The van der Waals surface area contributed by atoms with Crippen molar-refractivity contribution in [2.45, 2.75) is 11.3 Å². The maximum Gasteiger partial charge on any atom is 0.238 e. The molecule has 0 radical (unpaired) electrons. The van der Waals surface area contributed by atoms with E-state index in [0.29, 0.717) is 18.5 Å². The summed E-state index contributed by atoms with van der Waals surface area (Å²) in [4.78, 5) is -0.0757. The van der Waals surface area contributed by atoms with Crippen molar-refractivity contribution in [1.82, 2.24) is 5.32 Å². The SMILES string of the molecule is CNCCc1ccc(S(N)(=O)=O)cc1O. The number of nitrogens with one attached hydrogen (secondary N) is 1. The van der Waals surface area contributed by atoms with Crippen LogP contribution in [0, 0.1) is 0 Å². The second kappa shape index (κ2) is 4.61. The van der Waals surface area contributed by atoms with Crippen LogP contribution in [0.3, 0.4) is 0 Å². The summed E-state index contributed by atoms with van der Waals surface area (Å²) in [7, 11) is -1.94. The van der Waals surface area contributed by atoms with Crippen LogP contribution in [0.5, 0.6) is 5.75 Å². The fourth-order valence-corrected chi connectivity index (χ4v) is 1.73. The Labute approximate surface area is 89.0 Å². The van der Waals surface area contributed by atoms with Gasteiger partial charge in [-0.15, -0.1) is 0 Å². The maximum absolute atomic E-state index is 11.0. The summed E-state index contributed by atoms with van der Waals surface area (Å²) < 4.78 is 21.9. The Kier molecular flexibility index (Phi) is 3.67. The Morgan fingerprint density at radius 1 is 1.47 bits per heavy atom. The lowest BCUT2D eigenvalue weighted by atomic mass is 10.1. The van der Waals surface area contributed by atoms with Crippen LogP contribution >= 0.6 is 0 Å². The van der Waals surface area contributed by atoms with Gasteiger partial charge < -0.3 is 10.4 Å². The molecule has 0 fully saturated rings. The van der Waals surface area contributed by atoms with Crippen molar-refractivity contribution < 1.29 is 13.5 Å². The largest absolute Gasteiger partial charge is 0.508 e. The Bertz CT molecular complexity index is 443. The molecule has 0 saturated heterocycles. The quantitative estimate of drug-likeness (QED) is 0.668. The zero-order valence-electron chi connectivity index (χ0n) is 8.40. The van der Waals surface area contributed by atoms with Crippen LogP contribution in [0.15, 0.2) is 23.1 Å². The molecular formula is C9H14N2O3S. The van der Waals surface area contributed by atoms with Gasteiger partial charge in [0.15, 0.2) is 0 Å². The third kappa shape index (κ3) is 3.19. The van der Waals surface area contributed by atoms with Gasteiger partial charge in [0, 0.05) is 6.07 Å². The molecule has 0 atom stereocenters. The van der Waals surface area contributed by atoms with Crippen LogP contribution in [0.2, 0.25) is 0 Å². The number of aromatic hydroxyl groups is 1. The highest BCUT2D eigenvalue weighted by atomic mass is 32.2. The summed E-state index contributed by atoms with van der Waals surface area (Å²) in [6.07, 6.45) is 0.632. The van der Waals surface area contributed by atoms with Crippen LogP contribution in [0.4, 0.5) is 0 Å². The molecule has 0 aliphatic carbocycles. The Balaban J connectivity index is 2.99. The minimum Gasteiger partial charge on any atom is -0.508 e. The molecular weight excluding hydrogens is 216 g/mol. The van der Waals surface area contributed by atoms with E-state index in [1.807, 2.05) is 0 Å². The summed E-state index contributed by atoms with van der Waals surface area (Å²) in [5.41, 5.74) is 0.691. The van der Waals surface area contributed by atoms with E-state index in [-0.39, 0.29) is 10.6 Å². The number of phenols is 1. The highest BCUT2D eigenvalue weighted by molar-refractivity contribution is 7.89. The minimum atomic E-state index is -3.74. The Morgan fingerprint density at radius 3 is 2.60 bits per heavy atom. The first-order valence-electron chi connectivity index (χ1n) is 4.44. The number of hydrogen-bond acceptors (Lipinski definition) is 4. The molecule has 0 spiro atoms. The lowest BCUT2D eigenvalue weighted by Crippen LogP contribution is -2.13. The molecule has 4 N–H and O–H groups in total. The third-order valence-electron chi connectivity index (χ3n) is 2.03. The number of likely N-dealkylation sites (N-methyl/N-ethyl adjacent to an activating group) is 1. The average Bonchev–Trinajstić information content (AvgIpc) is 2.14. The maximum atomic E-state index is 11.0. The fraction of sp³-hybridized carbons (Fsp3) is 0.333. The van der Waals surface area contributed by atoms with Crippen LogP contribution in [-0.2, 0) is 16.4 Å². The van der Waals surface area contributed by atoms with Crippen molar-refractivity contribution in [3.8, 4) is 5.75 Å². The minimum absolute atomic E-state index is 0.0447. The smallest absolute Gasteiger partial charge is 0.238 e. The molecule has 84 valence electrons. The van der Waals surface area contributed by atoms with Gasteiger partial charge in [-0.1, -0.05) is 6.07 Å².